The van der Waals surface area contributed by atoms with Crippen molar-refractivity contribution >= 4 is 11.6 Å². The SMILES string of the molecule is CC1CCCN(CCC(=O)Nc2ccc(OC(C)C)cc2)C1. The predicted octanol–water partition coefficient (Wildman–Crippen LogP) is 3.53. The maximum absolute atomic E-state index is 12.0. The molecule has 4 heteroatoms. The molecule has 1 unspecified atom stereocenters. The standard InChI is InChI=1S/C18H28N2O2/c1-14(2)22-17-8-6-16(7-9-17)19-18(21)10-12-20-11-4-5-15(3)13-20/h6-9,14-15H,4-5,10-13H2,1-3H3,(H,19,21). The van der Waals surface area contributed by atoms with E-state index in [2.05, 4.69) is 17.1 Å². The molecule has 1 aliphatic heterocycles. The number of carbonyl (C=O) groups excluding carboxylic acids is 1. The number of anilines is 1. The molecule has 1 N–H and O–H groups in total. The maximum Gasteiger partial charge on any atom is 0.225 e. The van der Waals surface area contributed by atoms with Crippen LogP contribution in [0.1, 0.15) is 40.0 Å². The molecule has 22 heavy (non-hydrogen) atoms. The van der Waals surface area contributed by atoms with Crippen molar-refractivity contribution in [2.45, 2.75) is 46.1 Å². The van der Waals surface area contributed by atoms with E-state index >= 15 is 0 Å². The Bertz CT molecular complexity index is 470. The molecule has 1 atom stereocenters. The summed E-state index contributed by atoms with van der Waals surface area (Å²) >= 11 is 0. The number of carbonyl (C=O) groups is 1. The zero-order valence-electron chi connectivity index (χ0n) is 14.0. The third-order valence-corrected chi connectivity index (χ3v) is 3.91. The van der Waals surface area contributed by atoms with Crippen LogP contribution in [0.25, 0.3) is 0 Å². The zero-order chi connectivity index (χ0) is 15.9. The molecule has 1 fully saturated rings. The Morgan fingerprint density at radius 1 is 1.36 bits per heavy atom. The van der Waals surface area contributed by atoms with Gasteiger partial charge in [-0.15, -0.1) is 0 Å². The lowest BCUT2D eigenvalue weighted by Gasteiger charge is -2.30. The topological polar surface area (TPSA) is 41.6 Å². The number of nitrogens with zero attached hydrogens (tertiary/aromatic N) is 1. The van der Waals surface area contributed by atoms with E-state index in [0.717, 1.165) is 37.0 Å². The molecule has 0 bridgehead atoms. The van der Waals surface area contributed by atoms with Crippen LogP contribution >= 0.6 is 0 Å². The minimum atomic E-state index is 0.0794. The van der Waals surface area contributed by atoms with Crippen LogP contribution in [0.2, 0.25) is 0 Å². The van der Waals surface area contributed by atoms with Gasteiger partial charge in [0, 0.05) is 25.2 Å². The van der Waals surface area contributed by atoms with E-state index in [-0.39, 0.29) is 12.0 Å². The molecule has 1 amide bonds. The first-order chi connectivity index (χ1) is 10.5. The zero-order valence-corrected chi connectivity index (χ0v) is 14.0. The fourth-order valence-corrected chi connectivity index (χ4v) is 2.86. The molecule has 1 heterocycles. The molecule has 0 spiro atoms. The first-order valence-electron chi connectivity index (χ1n) is 8.32. The summed E-state index contributed by atoms with van der Waals surface area (Å²) in [5, 5.41) is 2.95. The number of ether oxygens (including phenoxy) is 1. The fraction of sp³-hybridized carbons (Fsp3) is 0.611. The van der Waals surface area contributed by atoms with Crippen molar-refractivity contribution in [2.24, 2.45) is 5.92 Å². The van der Waals surface area contributed by atoms with Gasteiger partial charge in [-0.2, -0.15) is 0 Å². The molecule has 0 aliphatic carbocycles. The van der Waals surface area contributed by atoms with Crippen LogP contribution in [0.4, 0.5) is 5.69 Å². The molecule has 4 nitrogen and oxygen atoms in total. The molecule has 0 aromatic heterocycles. The van der Waals surface area contributed by atoms with E-state index in [1.54, 1.807) is 0 Å². The van der Waals surface area contributed by atoms with Gasteiger partial charge in [-0.3, -0.25) is 4.79 Å². The normalized spacial score (nSPS) is 19.2. The summed E-state index contributed by atoms with van der Waals surface area (Å²) in [6, 6.07) is 7.56. The van der Waals surface area contributed by atoms with Gasteiger partial charge in [-0.05, 0) is 63.4 Å². The van der Waals surface area contributed by atoms with Crippen LogP contribution in [0, 0.1) is 5.92 Å². The summed E-state index contributed by atoms with van der Waals surface area (Å²) in [6.45, 7) is 9.37. The molecular formula is C18H28N2O2. The van der Waals surface area contributed by atoms with Crippen LogP contribution in [-0.4, -0.2) is 36.5 Å². The highest BCUT2D eigenvalue weighted by atomic mass is 16.5. The lowest BCUT2D eigenvalue weighted by Crippen LogP contribution is -2.36. The van der Waals surface area contributed by atoms with Crippen LogP contribution in [0.15, 0.2) is 24.3 Å². The van der Waals surface area contributed by atoms with Crippen molar-refractivity contribution in [3.63, 3.8) is 0 Å². The van der Waals surface area contributed by atoms with Gasteiger partial charge in [-0.25, -0.2) is 0 Å². The second-order valence-electron chi connectivity index (χ2n) is 6.54. The lowest BCUT2D eigenvalue weighted by molar-refractivity contribution is -0.116. The Hall–Kier alpha value is -1.55. The summed E-state index contributed by atoms with van der Waals surface area (Å²) in [5.41, 5.74) is 0.827. The highest BCUT2D eigenvalue weighted by molar-refractivity contribution is 5.90. The van der Waals surface area contributed by atoms with Crippen LogP contribution in [-0.2, 0) is 4.79 Å². The molecule has 1 aromatic carbocycles. The van der Waals surface area contributed by atoms with Crippen molar-refractivity contribution in [1.82, 2.24) is 4.90 Å². The van der Waals surface area contributed by atoms with Crippen LogP contribution in [0.3, 0.4) is 0 Å². The van der Waals surface area contributed by atoms with Gasteiger partial charge in [0.05, 0.1) is 6.10 Å². The first-order valence-corrected chi connectivity index (χ1v) is 8.32. The third kappa shape index (κ3) is 5.68. The van der Waals surface area contributed by atoms with E-state index < -0.39 is 0 Å². The highest BCUT2D eigenvalue weighted by Crippen LogP contribution is 2.18. The number of benzene rings is 1. The van der Waals surface area contributed by atoms with Crippen molar-refractivity contribution in [3.8, 4) is 5.75 Å². The number of amides is 1. The summed E-state index contributed by atoms with van der Waals surface area (Å²) in [4.78, 5) is 14.4. The van der Waals surface area contributed by atoms with Crippen molar-refractivity contribution in [3.05, 3.63) is 24.3 Å². The lowest BCUT2D eigenvalue weighted by atomic mass is 10.0. The van der Waals surface area contributed by atoms with Crippen molar-refractivity contribution < 1.29 is 9.53 Å². The average Bonchev–Trinajstić information content (AvgIpc) is 2.47. The van der Waals surface area contributed by atoms with Crippen molar-refractivity contribution in [1.29, 1.82) is 0 Å². The minimum Gasteiger partial charge on any atom is -0.491 e. The van der Waals surface area contributed by atoms with Gasteiger partial charge in [0.1, 0.15) is 5.75 Å². The Labute approximate surface area is 133 Å². The fourth-order valence-electron chi connectivity index (χ4n) is 2.86. The van der Waals surface area contributed by atoms with E-state index in [1.807, 2.05) is 38.1 Å². The number of nitrogens with one attached hydrogen (secondary N) is 1. The molecule has 0 radical (unpaired) electrons. The van der Waals surface area contributed by atoms with Gasteiger partial charge in [0.2, 0.25) is 5.91 Å². The Balaban J connectivity index is 1.74. The van der Waals surface area contributed by atoms with Gasteiger partial charge >= 0.3 is 0 Å². The second-order valence-corrected chi connectivity index (χ2v) is 6.54. The smallest absolute Gasteiger partial charge is 0.225 e. The number of rotatable bonds is 6. The highest BCUT2D eigenvalue weighted by Gasteiger charge is 2.16. The summed E-state index contributed by atoms with van der Waals surface area (Å²) in [6.07, 6.45) is 3.28. The third-order valence-electron chi connectivity index (χ3n) is 3.91. The molecule has 1 aliphatic rings. The largest absolute Gasteiger partial charge is 0.491 e. The maximum atomic E-state index is 12.0. The first kappa shape index (κ1) is 16.8. The van der Waals surface area contributed by atoms with E-state index in [9.17, 15) is 4.79 Å². The van der Waals surface area contributed by atoms with Gasteiger partial charge in [-0.1, -0.05) is 6.92 Å². The summed E-state index contributed by atoms with van der Waals surface area (Å²) < 4.78 is 5.59. The summed E-state index contributed by atoms with van der Waals surface area (Å²) in [7, 11) is 0. The molecule has 0 saturated carbocycles. The Morgan fingerprint density at radius 3 is 2.73 bits per heavy atom. The molecule has 2 rings (SSSR count). The van der Waals surface area contributed by atoms with Crippen molar-refractivity contribution in [2.75, 3.05) is 25.0 Å². The van der Waals surface area contributed by atoms with Crippen LogP contribution < -0.4 is 10.1 Å². The van der Waals surface area contributed by atoms with Gasteiger partial charge in [0.25, 0.3) is 0 Å². The van der Waals surface area contributed by atoms with Crippen LogP contribution in [0.5, 0.6) is 5.75 Å². The van der Waals surface area contributed by atoms with E-state index in [0.29, 0.717) is 6.42 Å². The Morgan fingerprint density at radius 2 is 2.09 bits per heavy atom. The quantitative estimate of drug-likeness (QED) is 0.874. The summed E-state index contributed by atoms with van der Waals surface area (Å²) in [5.74, 6) is 1.66. The predicted molar refractivity (Wildman–Crippen MR) is 90.3 cm³/mol. The molecule has 1 saturated heterocycles. The number of piperidine rings is 1. The number of hydrogen-bond donors (Lipinski definition) is 1. The van der Waals surface area contributed by atoms with Gasteiger partial charge < -0.3 is 15.0 Å². The number of hydrogen-bond acceptors (Lipinski definition) is 3. The molecule has 122 valence electrons. The Kier molecular flexibility index (Phi) is 6.25. The minimum absolute atomic E-state index is 0.0794. The average molecular weight is 304 g/mol. The monoisotopic (exact) mass is 304 g/mol. The van der Waals surface area contributed by atoms with E-state index in [1.165, 1.54) is 12.8 Å². The number of likely N-dealkylation sites (tertiary alicyclic amines) is 1. The second kappa shape index (κ2) is 8.18. The molecule has 1 aromatic rings. The van der Waals surface area contributed by atoms with E-state index in [4.69, 9.17) is 4.74 Å². The van der Waals surface area contributed by atoms with Gasteiger partial charge in [0.15, 0.2) is 0 Å². The molecular weight excluding hydrogens is 276 g/mol.